The number of benzene rings is 1. The molecular formula is C15H13BrN2O3. The molecule has 1 aromatic heterocycles. The normalized spacial score (nSPS) is 9.10. The van der Waals surface area contributed by atoms with Gasteiger partial charge in [0.15, 0.2) is 12.3 Å². The minimum atomic E-state index is -0.373. The van der Waals surface area contributed by atoms with E-state index in [2.05, 4.69) is 4.85 Å². The molecule has 0 fully saturated rings. The Kier molecular flexibility index (Phi) is 6.92. The molecule has 1 heterocycles. The molecule has 2 rings (SSSR count). The van der Waals surface area contributed by atoms with E-state index < -0.39 is 0 Å². The number of aromatic nitrogens is 1. The topological polar surface area (TPSA) is 43.8 Å². The summed E-state index contributed by atoms with van der Waals surface area (Å²) in [6.45, 7) is 7.22. The van der Waals surface area contributed by atoms with Crippen molar-refractivity contribution >= 4 is 11.7 Å². The predicted molar refractivity (Wildman–Crippen MR) is 71.1 cm³/mol. The van der Waals surface area contributed by atoms with Crippen LogP contribution >= 0.6 is 0 Å². The Morgan fingerprint density at radius 2 is 1.76 bits per heavy atom. The van der Waals surface area contributed by atoms with Crippen molar-refractivity contribution in [2.45, 2.75) is 0 Å². The van der Waals surface area contributed by atoms with Gasteiger partial charge in [-0.15, -0.1) is 0 Å². The van der Waals surface area contributed by atoms with Crippen LogP contribution in [0.2, 0.25) is 0 Å². The molecule has 0 N–H and O–H groups in total. The zero-order valence-electron chi connectivity index (χ0n) is 11.1. The van der Waals surface area contributed by atoms with E-state index in [1.54, 1.807) is 48.8 Å². The van der Waals surface area contributed by atoms with Crippen molar-refractivity contribution in [2.75, 3.05) is 13.2 Å². The van der Waals surface area contributed by atoms with Gasteiger partial charge in [-0.1, -0.05) is 18.2 Å². The number of hydrogen-bond donors (Lipinski definition) is 0. The third-order valence-electron chi connectivity index (χ3n) is 2.48. The minimum Gasteiger partial charge on any atom is -1.00 e. The monoisotopic (exact) mass is 348 g/mol. The van der Waals surface area contributed by atoms with Crippen LogP contribution in [0.3, 0.4) is 0 Å². The molecule has 5 nitrogen and oxygen atoms in total. The maximum absolute atomic E-state index is 11.6. The fourth-order valence-corrected chi connectivity index (χ4v) is 1.50. The van der Waals surface area contributed by atoms with Crippen LogP contribution in [0.1, 0.15) is 10.4 Å². The van der Waals surface area contributed by atoms with Crippen molar-refractivity contribution < 1.29 is 36.1 Å². The lowest BCUT2D eigenvalue weighted by molar-refractivity contribution is -0.891. The zero-order valence-corrected chi connectivity index (χ0v) is 12.7. The van der Waals surface area contributed by atoms with E-state index in [0.29, 0.717) is 11.3 Å². The number of ether oxygens (including phenoxy) is 1. The van der Waals surface area contributed by atoms with E-state index in [0.717, 1.165) is 0 Å². The van der Waals surface area contributed by atoms with E-state index >= 15 is 0 Å². The lowest BCUT2D eigenvalue weighted by Gasteiger charge is -2.03. The SMILES string of the molecule is [Br-].[C-]#[N+]c1cc[n+](OCCOC(=O)c2ccccc2)cc1. The van der Waals surface area contributed by atoms with Crippen LogP contribution in [0.25, 0.3) is 4.85 Å². The Morgan fingerprint density at radius 3 is 2.38 bits per heavy atom. The van der Waals surface area contributed by atoms with Crippen LogP contribution in [-0.4, -0.2) is 19.2 Å². The van der Waals surface area contributed by atoms with Crippen molar-refractivity contribution in [3.05, 3.63) is 71.8 Å². The van der Waals surface area contributed by atoms with Gasteiger partial charge in [0, 0.05) is 16.9 Å². The largest absolute Gasteiger partial charge is 1.00 e. The maximum atomic E-state index is 11.6. The van der Waals surface area contributed by atoms with Crippen LogP contribution in [0.15, 0.2) is 54.9 Å². The maximum Gasteiger partial charge on any atom is 0.338 e. The molecule has 0 saturated carbocycles. The van der Waals surface area contributed by atoms with Crippen LogP contribution in [-0.2, 0) is 4.74 Å². The highest BCUT2D eigenvalue weighted by atomic mass is 79.9. The third-order valence-corrected chi connectivity index (χ3v) is 2.48. The van der Waals surface area contributed by atoms with Crippen molar-refractivity contribution in [1.82, 2.24) is 0 Å². The number of halogens is 1. The van der Waals surface area contributed by atoms with Gasteiger partial charge in [-0.25, -0.2) is 9.64 Å². The predicted octanol–water partition coefficient (Wildman–Crippen LogP) is -1.19. The average molecular weight is 349 g/mol. The molecule has 21 heavy (non-hydrogen) atoms. The molecule has 2 aromatic rings. The Morgan fingerprint density at radius 1 is 1.10 bits per heavy atom. The Labute approximate surface area is 133 Å². The molecule has 0 aliphatic rings. The van der Waals surface area contributed by atoms with Gasteiger partial charge in [-0.3, -0.25) is 4.84 Å². The molecule has 6 heteroatoms. The van der Waals surface area contributed by atoms with Gasteiger partial charge in [0.2, 0.25) is 12.4 Å². The summed E-state index contributed by atoms with van der Waals surface area (Å²) >= 11 is 0. The quantitative estimate of drug-likeness (QED) is 0.295. The summed E-state index contributed by atoms with van der Waals surface area (Å²) in [4.78, 5) is 20.2. The number of carbonyl (C=O) groups excluding carboxylic acids is 1. The van der Waals surface area contributed by atoms with Gasteiger partial charge >= 0.3 is 5.97 Å². The van der Waals surface area contributed by atoms with E-state index in [9.17, 15) is 4.79 Å². The van der Waals surface area contributed by atoms with Gasteiger partial charge in [-0.2, -0.15) is 0 Å². The number of nitrogens with zero attached hydrogens (tertiary/aromatic N) is 2. The molecule has 0 bridgehead atoms. The second-order valence-electron chi connectivity index (χ2n) is 3.86. The highest BCUT2D eigenvalue weighted by molar-refractivity contribution is 5.89. The molecule has 0 spiro atoms. The second kappa shape index (κ2) is 8.72. The van der Waals surface area contributed by atoms with Crippen LogP contribution < -0.4 is 26.5 Å². The lowest BCUT2D eigenvalue weighted by atomic mass is 10.2. The van der Waals surface area contributed by atoms with Gasteiger partial charge in [-0.05, 0) is 12.1 Å². The number of hydrogen-bond acceptors (Lipinski definition) is 3. The molecule has 0 aliphatic heterocycles. The first kappa shape index (κ1) is 16.7. The van der Waals surface area contributed by atoms with Gasteiger partial charge in [0.05, 0.1) is 12.1 Å². The van der Waals surface area contributed by atoms with E-state index in [4.69, 9.17) is 16.1 Å². The number of pyridine rings is 1. The van der Waals surface area contributed by atoms with Crippen molar-refractivity contribution in [3.8, 4) is 0 Å². The first-order valence-electron chi connectivity index (χ1n) is 6.04. The summed E-state index contributed by atoms with van der Waals surface area (Å²) in [5.41, 5.74) is 1.06. The highest BCUT2D eigenvalue weighted by Crippen LogP contribution is 2.05. The van der Waals surface area contributed by atoms with Crippen LogP contribution in [0.4, 0.5) is 5.69 Å². The highest BCUT2D eigenvalue weighted by Gasteiger charge is 2.07. The average Bonchev–Trinajstić information content (AvgIpc) is 2.53. The fourth-order valence-electron chi connectivity index (χ4n) is 1.50. The molecule has 0 amide bonds. The van der Waals surface area contributed by atoms with Crippen LogP contribution in [0, 0.1) is 6.57 Å². The van der Waals surface area contributed by atoms with E-state index in [1.165, 1.54) is 4.73 Å². The van der Waals surface area contributed by atoms with Crippen molar-refractivity contribution in [2.24, 2.45) is 0 Å². The Hall–Kier alpha value is -2.39. The Balaban J connectivity index is 0.00000220. The van der Waals surface area contributed by atoms with Crippen molar-refractivity contribution in [3.63, 3.8) is 0 Å². The summed E-state index contributed by atoms with van der Waals surface area (Å²) in [7, 11) is 0. The molecule has 0 unspecified atom stereocenters. The summed E-state index contributed by atoms with van der Waals surface area (Å²) in [5.74, 6) is -0.373. The number of esters is 1. The summed E-state index contributed by atoms with van der Waals surface area (Å²) in [5, 5.41) is 0. The molecular weight excluding hydrogens is 336 g/mol. The molecule has 0 atom stereocenters. The number of carbonyl (C=O) groups is 1. The van der Waals surface area contributed by atoms with E-state index in [-0.39, 0.29) is 36.2 Å². The second-order valence-corrected chi connectivity index (χ2v) is 3.86. The lowest BCUT2D eigenvalue weighted by Crippen LogP contribution is -3.00. The summed E-state index contributed by atoms with van der Waals surface area (Å²) in [6, 6.07) is 12.1. The zero-order chi connectivity index (χ0) is 14.2. The van der Waals surface area contributed by atoms with Gasteiger partial charge < -0.3 is 21.7 Å². The summed E-state index contributed by atoms with van der Waals surface area (Å²) in [6.07, 6.45) is 3.26. The molecule has 0 aliphatic carbocycles. The molecule has 0 radical (unpaired) electrons. The smallest absolute Gasteiger partial charge is 0.338 e. The first-order valence-corrected chi connectivity index (χ1v) is 6.04. The molecule has 0 saturated heterocycles. The van der Waals surface area contributed by atoms with Gasteiger partial charge in [0.25, 0.3) is 0 Å². The van der Waals surface area contributed by atoms with Crippen LogP contribution in [0.5, 0.6) is 0 Å². The Bertz CT molecular complexity index is 609. The third kappa shape index (κ3) is 5.24. The van der Waals surface area contributed by atoms with E-state index in [1.807, 2.05) is 6.07 Å². The first-order chi connectivity index (χ1) is 9.79. The van der Waals surface area contributed by atoms with Crippen molar-refractivity contribution in [1.29, 1.82) is 0 Å². The standard InChI is InChI=1S/C15H13N2O3.BrH/c1-16-14-7-9-17(10-8-14)20-12-11-19-15(18)13-5-3-2-4-6-13;/h2-10H,11-12H2;1H/q+1;/p-1. The molecule has 1 aromatic carbocycles. The minimum absolute atomic E-state index is 0. The number of rotatable bonds is 5. The summed E-state index contributed by atoms with van der Waals surface area (Å²) < 4.78 is 6.53. The molecule has 108 valence electrons. The van der Waals surface area contributed by atoms with Gasteiger partial charge in [0.1, 0.15) is 6.61 Å². The fraction of sp³-hybridized carbons (Fsp3) is 0.133.